The van der Waals surface area contributed by atoms with E-state index in [-0.39, 0.29) is 0 Å². The van der Waals surface area contributed by atoms with Gasteiger partial charge in [-0.25, -0.2) is 0 Å². The van der Waals surface area contributed by atoms with E-state index in [1.54, 1.807) is 0 Å². The van der Waals surface area contributed by atoms with Crippen molar-refractivity contribution < 1.29 is 4.74 Å². The molecule has 2 unspecified atom stereocenters. The van der Waals surface area contributed by atoms with Gasteiger partial charge in [-0.3, -0.25) is 4.90 Å². The molecule has 1 heterocycles. The average Bonchev–Trinajstić information content (AvgIpc) is 2.70. The van der Waals surface area contributed by atoms with E-state index in [2.05, 4.69) is 30.8 Å². The van der Waals surface area contributed by atoms with Crippen LogP contribution in [0.3, 0.4) is 0 Å². The number of hydrogen-bond acceptors (Lipinski definition) is 3. The Morgan fingerprint density at radius 2 is 2.47 bits per heavy atom. The molecule has 0 amide bonds. The summed E-state index contributed by atoms with van der Waals surface area (Å²) in [5.74, 6) is 0. The normalized spacial score (nSPS) is 23.3. The van der Waals surface area contributed by atoms with Crippen molar-refractivity contribution >= 4 is 0 Å². The van der Waals surface area contributed by atoms with Crippen molar-refractivity contribution in [2.24, 2.45) is 0 Å². The molecule has 1 fully saturated rings. The number of rotatable bonds is 7. The molecule has 1 saturated heterocycles. The molecule has 0 aromatic heterocycles. The third kappa shape index (κ3) is 4.78. The average molecular weight is 212 g/mol. The fourth-order valence-electron chi connectivity index (χ4n) is 1.84. The second-order valence-corrected chi connectivity index (χ2v) is 4.37. The first-order chi connectivity index (χ1) is 7.24. The standard InChI is InChI=1S/C12H24N2O/c1-4-7-13-9-11(2)14(3)10-12-6-5-8-15-12/h4,11-13H,1,5-10H2,2-3H3. The third-order valence-electron chi connectivity index (χ3n) is 3.00. The van der Waals surface area contributed by atoms with E-state index in [1.165, 1.54) is 12.8 Å². The molecule has 1 aliphatic rings. The van der Waals surface area contributed by atoms with Crippen molar-refractivity contribution in [2.45, 2.75) is 31.9 Å². The maximum Gasteiger partial charge on any atom is 0.0702 e. The van der Waals surface area contributed by atoms with Gasteiger partial charge in [0.05, 0.1) is 6.10 Å². The van der Waals surface area contributed by atoms with Crippen molar-refractivity contribution in [3.63, 3.8) is 0 Å². The zero-order valence-electron chi connectivity index (χ0n) is 10.0. The Balaban J connectivity index is 2.13. The molecule has 3 heteroatoms. The monoisotopic (exact) mass is 212 g/mol. The highest BCUT2D eigenvalue weighted by molar-refractivity contribution is 4.76. The summed E-state index contributed by atoms with van der Waals surface area (Å²) in [6, 6.07) is 0.550. The van der Waals surface area contributed by atoms with Crippen LogP contribution >= 0.6 is 0 Å². The predicted molar refractivity (Wildman–Crippen MR) is 64.1 cm³/mol. The van der Waals surface area contributed by atoms with Crippen LogP contribution in [0.2, 0.25) is 0 Å². The van der Waals surface area contributed by atoms with E-state index in [0.717, 1.165) is 26.2 Å². The van der Waals surface area contributed by atoms with E-state index < -0.39 is 0 Å². The summed E-state index contributed by atoms with van der Waals surface area (Å²) in [5, 5.41) is 3.34. The van der Waals surface area contributed by atoms with Gasteiger partial charge < -0.3 is 10.1 Å². The number of nitrogens with one attached hydrogen (secondary N) is 1. The van der Waals surface area contributed by atoms with Crippen LogP contribution < -0.4 is 5.32 Å². The van der Waals surface area contributed by atoms with Gasteiger partial charge in [-0.2, -0.15) is 0 Å². The van der Waals surface area contributed by atoms with Crippen LogP contribution in [-0.2, 0) is 4.74 Å². The highest BCUT2D eigenvalue weighted by Crippen LogP contribution is 2.13. The molecule has 0 bridgehead atoms. The Morgan fingerprint density at radius 1 is 1.67 bits per heavy atom. The summed E-state index contributed by atoms with van der Waals surface area (Å²) in [7, 11) is 2.17. The molecule has 2 atom stereocenters. The molecule has 88 valence electrons. The van der Waals surface area contributed by atoms with Crippen molar-refractivity contribution in [2.75, 3.05) is 33.3 Å². The van der Waals surface area contributed by atoms with E-state index in [0.29, 0.717) is 12.1 Å². The molecular weight excluding hydrogens is 188 g/mol. The molecule has 1 aliphatic heterocycles. The zero-order valence-corrected chi connectivity index (χ0v) is 10.0. The van der Waals surface area contributed by atoms with Crippen LogP contribution in [0, 0.1) is 0 Å². The maximum absolute atomic E-state index is 5.62. The largest absolute Gasteiger partial charge is 0.377 e. The molecule has 15 heavy (non-hydrogen) atoms. The van der Waals surface area contributed by atoms with Gasteiger partial charge in [0, 0.05) is 32.3 Å². The van der Waals surface area contributed by atoms with Gasteiger partial charge in [-0.1, -0.05) is 6.08 Å². The quantitative estimate of drug-likeness (QED) is 0.508. The van der Waals surface area contributed by atoms with Crippen molar-refractivity contribution in [1.82, 2.24) is 10.2 Å². The van der Waals surface area contributed by atoms with Crippen molar-refractivity contribution in [3.05, 3.63) is 12.7 Å². The smallest absolute Gasteiger partial charge is 0.0702 e. The molecule has 3 nitrogen and oxygen atoms in total. The van der Waals surface area contributed by atoms with E-state index >= 15 is 0 Å². The fourth-order valence-corrected chi connectivity index (χ4v) is 1.84. The zero-order chi connectivity index (χ0) is 11.1. The molecular formula is C12H24N2O. The molecule has 0 aliphatic carbocycles. The number of nitrogens with zero attached hydrogens (tertiary/aromatic N) is 1. The summed E-state index contributed by atoms with van der Waals surface area (Å²) in [5.41, 5.74) is 0. The minimum atomic E-state index is 0.455. The van der Waals surface area contributed by atoms with Crippen LogP contribution in [0.1, 0.15) is 19.8 Å². The molecule has 0 saturated carbocycles. The molecule has 1 N–H and O–H groups in total. The Labute approximate surface area is 93.5 Å². The van der Waals surface area contributed by atoms with E-state index in [9.17, 15) is 0 Å². The third-order valence-corrected chi connectivity index (χ3v) is 3.00. The lowest BCUT2D eigenvalue weighted by Gasteiger charge is -2.27. The SMILES string of the molecule is C=CCNCC(C)N(C)CC1CCCO1. The van der Waals surface area contributed by atoms with Gasteiger partial charge in [-0.05, 0) is 26.8 Å². The molecule has 0 aromatic carbocycles. The van der Waals surface area contributed by atoms with Gasteiger partial charge in [0.2, 0.25) is 0 Å². The van der Waals surface area contributed by atoms with Crippen LogP contribution in [0.25, 0.3) is 0 Å². The lowest BCUT2D eigenvalue weighted by Crippen LogP contribution is -2.41. The lowest BCUT2D eigenvalue weighted by molar-refractivity contribution is 0.0705. The number of hydrogen-bond donors (Lipinski definition) is 1. The van der Waals surface area contributed by atoms with Crippen LogP contribution in [0.5, 0.6) is 0 Å². The van der Waals surface area contributed by atoms with Crippen LogP contribution in [0.15, 0.2) is 12.7 Å². The van der Waals surface area contributed by atoms with Crippen LogP contribution in [-0.4, -0.2) is 50.3 Å². The van der Waals surface area contributed by atoms with Gasteiger partial charge in [-0.15, -0.1) is 6.58 Å². The lowest BCUT2D eigenvalue weighted by atomic mass is 10.2. The second-order valence-electron chi connectivity index (χ2n) is 4.37. The molecule has 0 aromatic rings. The Kier molecular flexibility index (Phi) is 5.91. The van der Waals surface area contributed by atoms with E-state index in [4.69, 9.17) is 4.74 Å². The van der Waals surface area contributed by atoms with Gasteiger partial charge in [0.25, 0.3) is 0 Å². The first-order valence-electron chi connectivity index (χ1n) is 5.87. The molecule has 0 spiro atoms. The highest BCUT2D eigenvalue weighted by Gasteiger charge is 2.19. The maximum atomic E-state index is 5.62. The van der Waals surface area contributed by atoms with Crippen LogP contribution in [0.4, 0.5) is 0 Å². The number of likely N-dealkylation sites (N-methyl/N-ethyl adjacent to an activating group) is 1. The summed E-state index contributed by atoms with van der Waals surface area (Å²) < 4.78 is 5.62. The Morgan fingerprint density at radius 3 is 3.07 bits per heavy atom. The minimum Gasteiger partial charge on any atom is -0.377 e. The first kappa shape index (κ1) is 12.7. The molecule has 1 rings (SSSR count). The first-order valence-corrected chi connectivity index (χ1v) is 5.87. The summed E-state index contributed by atoms with van der Waals surface area (Å²) >= 11 is 0. The highest BCUT2D eigenvalue weighted by atomic mass is 16.5. The molecule has 0 radical (unpaired) electrons. The minimum absolute atomic E-state index is 0.455. The van der Waals surface area contributed by atoms with Gasteiger partial charge in [0.15, 0.2) is 0 Å². The second kappa shape index (κ2) is 6.99. The Bertz CT molecular complexity index is 178. The van der Waals surface area contributed by atoms with Gasteiger partial charge >= 0.3 is 0 Å². The number of ether oxygens (including phenoxy) is 1. The van der Waals surface area contributed by atoms with Crippen molar-refractivity contribution in [3.8, 4) is 0 Å². The summed E-state index contributed by atoms with van der Waals surface area (Å²) in [4.78, 5) is 2.37. The summed E-state index contributed by atoms with van der Waals surface area (Å²) in [6.07, 6.45) is 4.79. The van der Waals surface area contributed by atoms with Gasteiger partial charge in [0.1, 0.15) is 0 Å². The topological polar surface area (TPSA) is 24.5 Å². The fraction of sp³-hybridized carbons (Fsp3) is 0.833. The van der Waals surface area contributed by atoms with Crippen molar-refractivity contribution in [1.29, 1.82) is 0 Å². The Hall–Kier alpha value is -0.380. The summed E-state index contributed by atoms with van der Waals surface area (Å²) in [6.45, 7) is 9.83. The predicted octanol–water partition coefficient (Wildman–Crippen LogP) is 1.26. The van der Waals surface area contributed by atoms with E-state index in [1.807, 2.05) is 6.08 Å².